The molecule has 0 radical (unpaired) electrons. The van der Waals surface area contributed by atoms with Crippen LogP contribution < -0.4 is 16.5 Å². The largest absolute Gasteiger partial charge is 0.366 e. The highest BCUT2D eigenvalue weighted by atomic mass is 16.5. The molecule has 0 saturated carbocycles. The Morgan fingerprint density at radius 1 is 1.04 bits per heavy atom. The first kappa shape index (κ1) is 20.1. The molecule has 0 spiro atoms. The third-order valence-electron chi connectivity index (χ3n) is 3.35. The molecule has 0 aliphatic heterocycles. The fourth-order valence-electron chi connectivity index (χ4n) is 1.98. The molecule has 25 heavy (non-hydrogen) atoms. The van der Waals surface area contributed by atoms with Gasteiger partial charge in [0.1, 0.15) is 0 Å². The molecule has 1 aromatic rings. The van der Waals surface area contributed by atoms with Crippen LogP contribution in [-0.4, -0.2) is 29.5 Å². The summed E-state index contributed by atoms with van der Waals surface area (Å²) in [7, 11) is 0. The molecule has 1 rings (SSSR count). The molecule has 0 aliphatic carbocycles. The Kier molecular flexibility index (Phi) is 9.32. The molecular weight excluding hydrogens is 322 g/mol. The van der Waals surface area contributed by atoms with E-state index in [-0.39, 0.29) is 12.3 Å². The van der Waals surface area contributed by atoms with E-state index in [0.29, 0.717) is 18.5 Å². The van der Waals surface area contributed by atoms with Crippen molar-refractivity contribution in [3.05, 3.63) is 53.6 Å². The number of hydrogen-bond acceptors (Lipinski definition) is 4. The number of primary amides is 1. The van der Waals surface area contributed by atoms with Gasteiger partial charge in [-0.3, -0.25) is 19.6 Å². The highest BCUT2D eigenvalue weighted by Crippen LogP contribution is 2.05. The summed E-state index contributed by atoms with van der Waals surface area (Å²) in [4.78, 5) is 33.3. The number of benzene rings is 1. The minimum absolute atomic E-state index is 0.193. The van der Waals surface area contributed by atoms with E-state index in [1.807, 2.05) is 0 Å². The lowest BCUT2D eigenvalue weighted by Gasteiger charge is -2.02. The minimum atomic E-state index is -0.469. The molecule has 5 N–H and O–H groups in total. The summed E-state index contributed by atoms with van der Waals surface area (Å²) in [6.07, 6.45) is 9.08. The molecule has 7 nitrogen and oxygen atoms in total. The number of allylic oxidation sites excluding steroid dienone is 2. The summed E-state index contributed by atoms with van der Waals surface area (Å²) in [5.74, 6) is -1.06. The van der Waals surface area contributed by atoms with Gasteiger partial charge in [0.2, 0.25) is 17.7 Å². The molecule has 3 amide bonds. The van der Waals surface area contributed by atoms with Crippen LogP contribution in [0.2, 0.25) is 0 Å². The first-order valence-corrected chi connectivity index (χ1v) is 7.98. The maximum absolute atomic E-state index is 11.6. The van der Waals surface area contributed by atoms with Gasteiger partial charge >= 0.3 is 0 Å². The second-order valence-corrected chi connectivity index (χ2v) is 5.34. The smallest absolute Gasteiger partial charge is 0.248 e. The van der Waals surface area contributed by atoms with E-state index in [9.17, 15) is 14.4 Å². The third-order valence-corrected chi connectivity index (χ3v) is 3.35. The second-order valence-electron chi connectivity index (χ2n) is 5.34. The summed E-state index contributed by atoms with van der Waals surface area (Å²) in [6, 6.07) is 6.81. The van der Waals surface area contributed by atoms with Gasteiger partial charge in [0, 0.05) is 24.6 Å². The molecule has 0 saturated heterocycles. The Balaban J connectivity index is 2.21. The number of carbonyl (C=O) groups excluding carboxylic acids is 3. The predicted octanol–water partition coefficient (Wildman–Crippen LogP) is 1.54. The number of rotatable bonds is 10. The lowest BCUT2D eigenvalue weighted by atomic mass is 10.1. The van der Waals surface area contributed by atoms with E-state index in [2.05, 4.69) is 5.32 Å². The fourth-order valence-corrected chi connectivity index (χ4v) is 1.98. The molecule has 0 aliphatic rings. The van der Waals surface area contributed by atoms with E-state index >= 15 is 0 Å². The van der Waals surface area contributed by atoms with E-state index in [0.717, 1.165) is 18.4 Å². The molecule has 0 aromatic heterocycles. The number of carbonyl (C=O) groups is 3. The average Bonchev–Trinajstić information content (AvgIpc) is 2.61. The van der Waals surface area contributed by atoms with Gasteiger partial charge in [-0.15, -0.1) is 0 Å². The topological polar surface area (TPSA) is 122 Å². The normalized spacial score (nSPS) is 10.9. The van der Waals surface area contributed by atoms with Crippen LogP contribution >= 0.6 is 0 Å². The molecule has 0 bridgehead atoms. The van der Waals surface area contributed by atoms with Gasteiger partial charge in [0.25, 0.3) is 0 Å². The van der Waals surface area contributed by atoms with Gasteiger partial charge in [0.15, 0.2) is 0 Å². The molecule has 0 atom stereocenters. The van der Waals surface area contributed by atoms with Crippen LogP contribution in [0.4, 0.5) is 0 Å². The van der Waals surface area contributed by atoms with Crippen molar-refractivity contribution in [1.82, 2.24) is 10.8 Å². The van der Waals surface area contributed by atoms with E-state index < -0.39 is 11.8 Å². The van der Waals surface area contributed by atoms with Crippen LogP contribution in [0.3, 0.4) is 0 Å². The zero-order valence-electron chi connectivity index (χ0n) is 13.9. The summed E-state index contributed by atoms with van der Waals surface area (Å²) in [6.45, 7) is 0.530. The van der Waals surface area contributed by atoms with Crippen LogP contribution in [0.25, 0.3) is 6.08 Å². The first-order chi connectivity index (χ1) is 12.0. The SMILES string of the molecule is NC(=O)c1ccc(/C=C/C=C/C(=O)NCCCCCC(=O)NO)cc1. The molecular formula is C18H23N3O4. The van der Waals surface area contributed by atoms with Crippen molar-refractivity contribution in [2.24, 2.45) is 5.73 Å². The molecule has 1 aromatic carbocycles. The average molecular weight is 345 g/mol. The Hall–Kier alpha value is -2.93. The van der Waals surface area contributed by atoms with Gasteiger partial charge < -0.3 is 11.1 Å². The monoisotopic (exact) mass is 345 g/mol. The van der Waals surface area contributed by atoms with Crippen LogP contribution in [0.15, 0.2) is 42.5 Å². The van der Waals surface area contributed by atoms with E-state index in [1.165, 1.54) is 6.08 Å². The van der Waals surface area contributed by atoms with Gasteiger partial charge in [-0.25, -0.2) is 5.48 Å². The summed E-state index contributed by atoms with van der Waals surface area (Å²) in [5, 5.41) is 11.1. The number of unbranched alkanes of at least 4 members (excludes halogenated alkanes) is 2. The lowest BCUT2D eigenvalue weighted by Crippen LogP contribution is -2.22. The minimum Gasteiger partial charge on any atom is -0.366 e. The van der Waals surface area contributed by atoms with Crippen molar-refractivity contribution in [2.45, 2.75) is 25.7 Å². The van der Waals surface area contributed by atoms with Crippen molar-refractivity contribution < 1.29 is 19.6 Å². The lowest BCUT2D eigenvalue weighted by molar-refractivity contribution is -0.129. The van der Waals surface area contributed by atoms with Gasteiger partial charge in [0.05, 0.1) is 0 Å². The van der Waals surface area contributed by atoms with Crippen molar-refractivity contribution >= 4 is 23.8 Å². The van der Waals surface area contributed by atoms with Gasteiger partial charge in [-0.1, -0.05) is 36.8 Å². The maximum atomic E-state index is 11.6. The van der Waals surface area contributed by atoms with E-state index in [1.54, 1.807) is 48.0 Å². The first-order valence-electron chi connectivity index (χ1n) is 7.98. The number of hydrogen-bond donors (Lipinski definition) is 4. The number of nitrogens with one attached hydrogen (secondary N) is 2. The van der Waals surface area contributed by atoms with Crippen molar-refractivity contribution in [2.75, 3.05) is 6.54 Å². The summed E-state index contributed by atoms with van der Waals surface area (Å²) < 4.78 is 0. The Morgan fingerprint density at radius 3 is 2.40 bits per heavy atom. The Labute approximate surface area is 146 Å². The van der Waals surface area contributed by atoms with Gasteiger partial charge in [-0.05, 0) is 30.5 Å². The highest BCUT2D eigenvalue weighted by Gasteiger charge is 1.99. The molecule has 134 valence electrons. The second kappa shape index (κ2) is 11.6. The predicted molar refractivity (Wildman–Crippen MR) is 94.5 cm³/mol. The summed E-state index contributed by atoms with van der Waals surface area (Å²) >= 11 is 0. The van der Waals surface area contributed by atoms with Crippen molar-refractivity contribution in [1.29, 1.82) is 0 Å². The summed E-state index contributed by atoms with van der Waals surface area (Å²) in [5.41, 5.74) is 8.08. The van der Waals surface area contributed by atoms with Crippen LogP contribution in [0, 0.1) is 0 Å². The van der Waals surface area contributed by atoms with Crippen molar-refractivity contribution in [3.63, 3.8) is 0 Å². The third kappa shape index (κ3) is 9.07. The van der Waals surface area contributed by atoms with Crippen LogP contribution in [0.5, 0.6) is 0 Å². The van der Waals surface area contributed by atoms with Crippen LogP contribution in [-0.2, 0) is 9.59 Å². The van der Waals surface area contributed by atoms with E-state index in [4.69, 9.17) is 10.9 Å². The molecule has 0 heterocycles. The maximum Gasteiger partial charge on any atom is 0.248 e. The van der Waals surface area contributed by atoms with Crippen LogP contribution in [0.1, 0.15) is 41.6 Å². The van der Waals surface area contributed by atoms with Crippen molar-refractivity contribution in [3.8, 4) is 0 Å². The number of amides is 3. The number of nitrogens with two attached hydrogens (primary N) is 1. The molecule has 0 fully saturated rings. The fraction of sp³-hybridized carbons (Fsp3) is 0.278. The quantitative estimate of drug-likeness (QED) is 0.169. The number of hydroxylamine groups is 1. The molecule has 0 unspecified atom stereocenters. The highest BCUT2D eigenvalue weighted by molar-refractivity contribution is 5.93. The Morgan fingerprint density at radius 2 is 1.76 bits per heavy atom. The standard InChI is InChI=1S/C18H23N3O4/c19-18(24)15-11-9-14(10-12-15)6-3-4-7-16(22)20-13-5-1-2-8-17(23)21-25/h3-4,6-7,9-12,25H,1-2,5,8,13H2,(H2,19,24)(H,20,22)(H,21,23)/b6-3+,7-4+. The Bertz CT molecular complexity index is 636. The van der Waals surface area contributed by atoms with Gasteiger partial charge in [-0.2, -0.15) is 0 Å². The zero-order valence-corrected chi connectivity index (χ0v) is 13.9. The zero-order chi connectivity index (χ0) is 18.5. The molecule has 7 heteroatoms.